The Bertz CT molecular complexity index is 589. The van der Waals surface area contributed by atoms with Gasteiger partial charge in [0.15, 0.2) is 5.15 Å². The number of hydrogen-bond acceptors (Lipinski definition) is 5. The van der Waals surface area contributed by atoms with Gasteiger partial charge in [-0.1, -0.05) is 11.6 Å². The molecule has 17 heavy (non-hydrogen) atoms. The van der Waals surface area contributed by atoms with E-state index in [1.54, 1.807) is 18.2 Å². The monoisotopic (exact) mass is 249 g/mol. The van der Waals surface area contributed by atoms with E-state index in [1.807, 2.05) is 0 Å². The molecule has 3 rings (SSSR count). The van der Waals surface area contributed by atoms with Crippen molar-refractivity contribution in [1.29, 1.82) is 0 Å². The van der Waals surface area contributed by atoms with E-state index in [-0.39, 0.29) is 5.75 Å². The van der Waals surface area contributed by atoms with Crippen molar-refractivity contribution >= 4 is 17.3 Å². The van der Waals surface area contributed by atoms with E-state index in [0.29, 0.717) is 29.0 Å². The first-order chi connectivity index (χ1) is 8.24. The van der Waals surface area contributed by atoms with Crippen LogP contribution in [0.2, 0.25) is 5.15 Å². The third-order valence-electron chi connectivity index (χ3n) is 2.48. The SMILES string of the molecule is Oc1ccc2c(c1)Oc1ncnc(Cl)c1NC2. The molecule has 0 spiro atoms. The molecule has 1 aromatic carbocycles. The van der Waals surface area contributed by atoms with Crippen molar-refractivity contribution < 1.29 is 9.84 Å². The van der Waals surface area contributed by atoms with Gasteiger partial charge in [-0.25, -0.2) is 4.98 Å². The van der Waals surface area contributed by atoms with E-state index in [2.05, 4.69) is 15.3 Å². The number of fused-ring (bicyclic) bond motifs is 2. The second kappa shape index (κ2) is 3.78. The van der Waals surface area contributed by atoms with E-state index in [0.717, 1.165) is 5.56 Å². The Morgan fingerprint density at radius 1 is 1.35 bits per heavy atom. The summed E-state index contributed by atoms with van der Waals surface area (Å²) >= 11 is 5.95. The van der Waals surface area contributed by atoms with Crippen LogP contribution < -0.4 is 10.1 Å². The number of ether oxygens (including phenoxy) is 1. The van der Waals surface area contributed by atoms with Crippen molar-refractivity contribution in [2.75, 3.05) is 5.32 Å². The number of hydrogen-bond donors (Lipinski definition) is 2. The van der Waals surface area contributed by atoms with Crippen LogP contribution in [-0.2, 0) is 6.54 Å². The summed E-state index contributed by atoms with van der Waals surface area (Å²) < 4.78 is 5.61. The summed E-state index contributed by atoms with van der Waals surface area (Å²) in [4.78, 5) is 7.88. The molecule has 0 bridgehead atoms. The summed E-state index contributed by atoms with van der Waals surface area (Å²) in [6.07, 6.45) is 1.33. The summed E-state index contributed by atoms with van der Waals surface area (Å²) in [5.74, 6) is 1.06. The lowest BCUT2D eigenvalue weighted by Crippen LogP contribution is -1.99. The third kappa shape index (κ3) is 1.74. The molecule has 6 heteroatoms. The minimum atomic E-state index is 0.146. The molecule has 0 radical (unpaired) electrons. The van der Waals surface area contributed by atoms with Gasteiger partial charge in [-0.3, -0.25) is 0 Å². The van der Waals surface area contributed by atoms with Gasteiger partial charge >= 0.3 is 0 Å². The molecular weight excluding hydrogens is 242 g/mol. The second-order valence-electron chi connectivity index (χ2n) is 3.59. The average molecular weight is 250 g/mol. The fraction of sp³-hybridized carbons (Fsp3) is 0.0909. The van der Waals surface area contributed by atoms with Gasteiger partial charge in [0.1, 0.15) is 23.5 Å². The number of anilines is 1. The lowest BCUT2D eigenvalue weighted by atomic mass is 10.2. The number of aromatic hydroxyl groups is 1. The molecule has 0 saturated carbocycles. The Labute approximate surface area is 102 Å². The molecule has 0 amide bonds. The van der Waals surface area contributed by atoms with Crippen LogP contribution in [0.3, 0.4) is 0 Å². The summed E-state index contributed by atoms with van der Waals surface area (Å²) in [5, 5.41) is 12.8. The maximum atomic E-state index is 9.42. The van der Waals surface area contributed by atoms with Crippen molar-refractivity contribution in [3.63, 3.8) is 0 Å². The summed E-state index contributed by atoms with van der Waals surface area (Å²) in [7, 11) is 0. The van der Waals surface area contributed by atoms with Gasteiger partial charge < -0.3 is 15.2 Å². The molecule has 1 aliphatic heterocycles. The van der Waals surface area contributed by atoms with Gasteiger partial charge in [-0.2, -0.15) is 4.98 Å². The molecule has 1 aromatic heterocycles. The maximum Gasteiger partial charge on any atom is 0.247 e. The summed E-state index contributed by atoms with van der Waals surface area (Å²) in [5.41, 5.74) is 1.47. The van der Waals surface area contributed by atoms with Crippen LogP contribution in [0.1, 0.15) is 5.56 Å². The molecule has 0 aliphatic carbocycles. The highest BCUT2D eigenvalue weighted by Gasteiger charge is 2.18. The predicted molar refractivity (Wildman–Crippen MR) is 62.5 cm³/mol. The third-order valence-corrected chi connectivity index (χ3v) is 2.77. The minimum Gasteiger partial charge on any atom is -0.508 e. The Morgan fingerprint density at radius 2 is 2.24 bits per heavy atom. The van der Waals surface area contributed by atoms with Crippen LogP contribution in [0, 0.1) is 0 Å². The van der Waals surface area contributed by atoms with E-state index in [1.165, 1.54) is 6.33 Å². The van der Waals surface area contributed by atoms with Crippen LogP contribution in [0.5, 0.6) is 17.4 Å². The Balaban J connectivity index is 2.12. The molecule has 2 heterocycles. The first kappa shape index (κ1) is 10.2. The molecule has 0 saturated heterocycles. The highest BCUT2D eigenvalue weighted by molar-refractivity contribution is 6.32. The van der Waals surface area contributed by atoms with E-state index in [4.69, 9.17) is 16.3 Å². The fourth-order valence-electron chi connectivity index (χ4n) is 1.65. The van der Waals surface area contributed by atoms with Crippen molar-refractivity contribution in [3.8, 4) is 17.4 Å². The lowest BCUT2D eigenvalue weighted by Gasteiger charge is -2.06. The van der Waals surface area contributed by atoms with E-state index >= 15 is 0 Å². The zero-order chi connectivity index (χ0) is 11.8. The quantitative estimate of drug-likeness (QED) is 0.703. The molecule has 2 aromatic rings. The largest absolute Gasteiger partial charge is 0.508 e. The number of rotatable bonds is 0. The average Bonchev–Trinajstić information content (AvgIpc) is 2.48. The molecule has 1 aliphatic rings. The topological polar surface area (TPSA) is 67.3 Å². The zero-order valence-corrected chi connectivity index (χ0v) is 9.40. The number of aromatic nitrogens is 2. The first-order valence-corrected chi connectivity index (χ1v) is 5.36. The second-order valence-corrected chi connectivity index (χ2v) is 3.95. The van der Waals surface area contributed by atoms with Crippen molar-refractivity contribution in [2.24, 2.45) is 0 Å². The molecule has 86 valence electrons. The summed E-state index contributed by atoms with van der Waals surface area (Å²) in [6, 6.07) is 4.93. The lowest BCUT2D eigenvalue weighted by molar-refractivity contribution is 0.445. The van der Waals surface area contributed by atoms with Crippen LogP contribution in [0.25, 0.3) is 0 Å². The molecule has 2 N–H and O–H groups in total. The van der Waals surface area contributed by atoms with Crippen LogP contribution in [-0.4, -0.2) is 15.1 Å². The van der Waals surface area contributed by atoms with E-state index in [9.17, 15) is 5.11 Å². The number of nitrogens with one attached hydrogen (secondary N) is 1. The molecule has 0 unspecified atom stereocenters. The van der Waals surface area contributed by atoms with Gasteiger partial charge in [0, 0.05) is 18.2 Å². The number of phenolic OH excluding ortho intramolecular Hbond substituents is 1. The number of halogens is 1. The summed E-state index contributed by atoms with van der Waals surface area (Å²) in [6.45, 7) is 0.537. The van der Waals surface area contributed by atoms with Crippen LogP contribution >= 0.6 is 11.6 Å². The molecule has 5 nitrogen and oxygen atoms in total. The first-order valence-electron chi connectivity index (χ1n) is 4.98. The van der Waals surface area contributed by atoms with Gasteiger partial charge in [0.25, 0.3) is 0 Å². The maximum absolute atomic E-state index is 9.42. The minimum absolute atomic E-state index is 0.146. The number of benzene rings is 1. The Hall–Kier alpha value is -2.01. The number of nitrogens with zero attached hydrogens (tertiary/aromatic N) is 2. The highest BCUT2D eigenvalue weighted by Crippen LogP contribution is 2.37. The Morgan fingerprint density at radius 3 is 3.12 bits per heavy atom. The Kier molecular flexibility index (Phi) is 2.26. The molecular formula is C11H8ClN3O2. The van der Waals surface area contributed by atoms with Crippen molar-refractivity contribution in [3.05, 3.63) is 35.2 Å². The van der Waals surface area contributed by atoms with Crippen LogP contribution in [0.15, 0.2) is 24.5 Å². The normalized spacial score (nSPS) is 12.8. The predicted octanol–water partition coefficient (Wildman–Crippen LogP) is 2.55. The fourth-order valence-corrected chi connectivity index (χ4v) is 1.84. The van der Waals surface area contributed by atoms with Gasteiger partial charge in [0.05, 0.1) is 0 Å². The standard InChI is InChI=1S/C11H8ClN3O2/c12-10-9-11(15-5-14-10)17-8-3-7(16)2-1-6(8)4-13-9/h1-3,5,13,16H,4H2. The van der Waals surface area contributed by atoms with E-state index < -0.39 is 0 Å². The van der Waals surface area contributed by atoms with Crippen molar-refractivity contribution in [2.45, 2.75) is 6.54 Å². The van der Waals surface area contributed by atoms with Gasteiger partial charge in [-0.05, 0) is 12.1 Å². The van der Waals surface area contributed by atoms with Gasteiger partial charge in [-0.15, -0.1) is 0 Å². The zero-order valence-electron chi connectivity index (χ0n) is 8.64. The van der Waals surface area contributed by atoms with Gasteiger partial charge in [0.2, 0.25) is 5.88 Å². The van der Waals surface area contributed by atoms with Crippen molar-refractivity contribution in [1.82, 2.24) is 9.97 Å². The number of phenols is 1. The highest BCUT2D eigenvalue weighted by atomic mass is 35.5. The smallest absolute Gasteiger partial charge is 0.247 e. The van der Waals surface area contributed by atoms with Crippen LogP contribution in [0.4, 0.5) is 5.69 Å². The molecule has 0 atom stereocenters. The molecule has 0 fully saturated rings.